The molecule has 26 heavy (non-hydrogen) atoms. The molecule has 1 saturated carbocycles. The highest BCUT2D eigenvalue weighted by atomic mass is 32.2. The first kappa shape index (κ1) is 18.8. The van der Waals surface area contributed by atoms with Crippen LogP contribution in [0.25, 0.3) is 0 Å². The summed E-state index contributed by atoms with van der Waals surface area (Å²) >= 11 is 0. The number of amides is 1. The number of carboxylic acid groups (broad SMARTS) is 1. The van der Waals surface area contributed by atoms with E-state index in [0.717, 1.165) is 6.42 Å². The van der Waals surface area contributed by atoms with Gasteiger partial charge in [0.2, 0.25) is 15.9 Å². The van der Waals surface area contributed by atoms with E-state index in [4.69, 9.17) is 0 Å². The van der Waals surface area contributed by atoms with Crippen LogP contribution < -0.4 is 5.32 Å². The second-order valence-electron chi connectivity index (χ2n) is 7.20. The first-order chi connectivity index (χ1) is 12.3. The van der Waals surface area contributed by atoms with Crippen LogP contribution in [0.15, 0.2) is 29.2 Å². The van der Waals surface area contributed by atoms with Crippen molar-refractivity contribution < 1.29 is 23.1 Å². The number of nitrogens with one attached hydrogen (secondary N) is 1. The van der Waals surface area contributed by atoms with Crippen LogP contribution >= 0.6 is 0 Å². The molecule has 2 aliphatic rings. The molecule has 2 unspecified atom stereocenters. The average molecular weight is 380 g/mol. The fraction of sp³-hybridized carbons (Fsp3) is 0.556. The van der Waals surface area contributed by atoms with Gasteiger partial charge in [0.25, 0.3) is 0 Å². The van der Waals surface area contributed by atoms with Gasteiger partial charge in [0.1, 0.15) is 0 Å². The first-order valence-corrected chi connectivity index (χ1v) is 10.3. The van der Waals surface area contributed by atoms with E-state index in [1.54, 1.807) is 0 Å². The third-order valence-electron chi connectivity index (χ3n) is 5.37. The molecule has 1 aliphatic heterocycles. The molecule has 1 aliphatic carbocycles. The maximum absolute atomic E-state index is 12.8. The van der Waals surface area contributed by atoms with Gasteiger partial charge in [0.15, 0.2) is 0 Å². The molecule has 142 valence electrons. The zero-order valence-electron chi connectivity index (χ0n) is 14.7. The molecule has 1 heterocycles. The number of nitrogens with zero attached hydrogens (tertiary/aromatic N) is 1. The molecule has 1 saturated heterocycles. The molecule has 0 bridgehead atoms. The number of carbonyl (C=O) groups is 2. The third kappa shape index (κ3) is 3.91. The minimum Gasteiger partial charge on any atom is -0.478 e. The van der Waals surface area contributed by atoms with Crippen LogP contribution in [0.1, 0.15) is 36.5 Å². The predicted molar refractivity (Wildman–Crippen MR) is 95.2 cm³/mol. The van der Waals surface area contributed by atoms with Crippen molar-refractivity contribution in [3.05, 3.63) is 29.8 Å². The number of sulfonamides is 1. The molecule has 8 heteroatoms. The van der Waals surface area contributed by atoms with Gasteiger partial charge >= 0.3 is 5.97 Å². The molecule has 2 N–H and O–H groups in total. The van der Waals surface area contributed by atoms with E-state index >= 15 is 0 Å². The molecule has 0 aromatic heterocycles. The van der Waals surface area contributed by atoms with E-state index in [9.17, 15) is 23.1 Å². The van der Waals surface area contributed by atoms with Crippen molar-refractivity contribution in [1.82, 2.24) is 9.62 Å². The van der Waals surface area contributed by atoms with Crippen molar-refractivity contribution in [2.45, 2.75) is 31.1 Å². The van der Waals surface area contributed by atoms with Gasteiger partial charge in [-0.25, -0.2) is 13.2 Å². The Balaban J connectivity index is 1.62. The Kier molecular flexibility index (Phi) is 5.34. The molecule has 3 rings (SSSR count). The Morgan fingerprint density at radius 1 is 1.23 bits per heavy atom. The van der Waals surface area contributed by atoms with Crippen LogP contribution in [-0.4, -0.2) is 49.3 Å². The Hall–Kier alpha value is -1.93. The molecule has 1 amide bonds. The lowest BCUT2D eigenvalue weighted by molar-refractivity contribution is -0.126. The van der Waals surface area contributed by atoms with E-state index in [1.807, 2.05) is 0 Å². The van der Waals surface area contributed by atoms with Gasteiger partial charge in [0.05, 0.1) is 10.5 Å². The van der Waals surface area contributed by atoms with Crippen molar-refractivity contribution in [1.29, 1.82) is 0 Å². The number of benzene rings is 1. The zero-order chi connectivity index (χ0) is 18.9. The van der Waals surface area contributed by atoms with E-state index < -0.39 is 16.0 Å². The second-order valence-corrected chi connectivity index (χ2v) is 9.10. The van der Waals surface area contributed by atoms with E-state index in [2.05, 4.69) is 12.2 Å². The summed E-state index contributed by atoms with van der Waals surface area (Å²) in [6.07, 6.45) is 2.04. The molecule has 0 radical (unpaired) electrons. The number of aromatic carboxylic acids is 1. The van der Waals surface area contributed by atoms with Crippen molar-refractivity contribution in [2.75, 3.05) is 19.6 Å². The Bertz CT molecular complexity index is 800. The molecular weight excluding hydrogens is 356 g/mol. The van der Waals surface area contributed by atoms with Crippen LogP contribution in [0.2, 0.25) is 0 Å². The zero-order valence-corrected chi connectivity index (χ0v) is 15.5. The minimum atomic E-state index is -3.89. The highest BCUT2D eigenvalue weighted by Crippen LogP contribution is 2.37. The van der Waals surface area contributed by atoms with E-state index in [-0.39, 0.29) is 35.4 Å². The summed E-state index contributed by atoms with van der Waals surface area (Å²) in [6.45, 7) is 3.29. The Morgan fingerprint density at radius 3 is 2.42 bits per heavy atom. The first-order valence-electron chi connectivity index (χ1n) is 8.91. The lowest BCUT2D eigenvalue weighted by atomic mass is 9.97. The van der Waals surface area contributed by atoms with Crippen molar-refractivity contribution in [2.24, 2.45) is 17.8 Å². The monoisotopic (exact) mass is 380 g/mol. The summed E-state index contributed by atoms with van der Waals surface area (Å²) < 4.78 is 26.9. The van der Waals surface area contributed by atoms with Crippen LogP contribution in [0.3, 0.4) is 0 Å². The minimum absolute atomic E-state index is 0.00733. The summed E-state index contributed by atoms with van der Waals surface area (Å²) in [5.41, 5.74) is -0.231. The number of rotatable bonds is 6. The lowest BCUT2D eigenvalue weighted by Gasteiger charge is -2.30. The second kappa shape index (κ2) is 7.36. The SMILES string of the molecule is CC1CC1CNC(=O)C1CCN(S(=O)(=O)c2ccccc2C(=O)O)CC1. The molecule has 2 atom stereocenters. The van der Waals surface area contributed by atoms with Crippen LogP contribution in [-0.2, 0) is 14.8 Å². The van der Waals surface area contributed by atoms with E-state index in [0.29, 0.717) is 31.2 Å². The van der Waals surface area contributed by atoms with Crippen molar-refractivity contribution >= 4 is 21.9 Å². The molecule has 0 spiro atoms. The molecular formula is C18H24N2O5S. The number of carboxylic acids is 1. The van der Waals surface area contributed by atoms with Gasteiger partial charge in [-0.3, -0.25) is 4.79 Å². The van der Waals surface area contributed by atoms with Gasteiger partial charge in [-0.2, -0.15) is 4.31 Å². The number of hydrogen-bond acceptors (Lipinski definition) is 4. The van der Waals surface area contributed by atoms with Crippen molar-refractivity contribution in [3.63, 3.8) is 0 Å². The summed E-state index contributed by atoms with van der Waals surface area (Å²) in [5.74, 6) is -0.214. The average Bonchev–Trinajstić information content (AvgIpc) is 3.35. The number of hydrogen-bond donors (Lipinski definition) is 2. The fourth-order valence-electron chi connectivity index (χ4n) is 3.43. The summed E-state index contributed by atoms with van der Waals surface area (Å²) in [6, 6.07) is 5.61. The van der Waals surface area contributed by atoms with Crippen LogP contribution in [0.4, 0.5) is 0 Å². The normalized spacial score (nSPS) is 24.2. The topological polar surface area (TPSA) is 104 Å². The highest BCUT2D eigenvalue weighted by Gasteiger charge is 2.36. The van der Waals surface area contributed by atoms with Gasteiger partial charge < -0.3 is 10.4 Å². The Morgan fingerprint density at radius 2 is 1.85 bits per heavy atom. The number of carbonyl (C=O) groups excluding carboxylic acids is 1. The Labute approximate surface area is 153 Å². The summed E-state index contributed by atoms with van der Waals surface area (Å²) in [7, 11) is -3.89. The molecule has 2 fully saturated rings. The van der Waals surface area contributed by atoms with Gasteiger partial charge in [0, 0.05) is 25.6 Å². The van der Waals surface area contributed by atoms with Gasteiger partial charge in [-0.15, -0.1) is 0 Å². The maximum Gasteiger partial charge on any atom is 0.337 e. The molecule has 1 aromatic carbocycles. The predicted octanol–water partition coefficient (Wildman–Crippen LogP) is 1.56. The summed E-state index contributed by atoms with van der Waals surface area (Å²) in [5, 5.41) is 12.2. The molecule has 1 aromatic rings. The maximum atomic E-state index is 12.8. The fourth-order valence-corrected chi connectivity index (χ4v) is 5.08. The van der Waals surface area contributed by atoms with Crippen LogP contribution in [0.5, 0.6) is 0 Å². The smallest absolute Gasteiger partial charge is 0.337 e. The third-order valence-corrected chi connectivity index (χ3v) is 7.33. The highest BCUT2D eigenvalue weighted by molar-refractivity contribution is 7.89. The number of piperidine rings is 1. The van der Waals surface area contributed by atoms with Gasteiger partial charge in [-0.1, -0.05) is 19.1 Å². The van der Waals surface area contributed by atoms with E-state index in [1.165, 1.54) is 28.6 Å². The van der Waals surface area contributed by atoms with Gasteiger partial charge in [-0.05, 0) is 43.2 Å². The standard InChI is InChI=1S/C18H24N2O5S/c1-12-10-14(12)11-19-17(21)13-6-8-20(9-7-13)26(24,25)16-5-3-2-4-15(16)18(22)23/h2-5,12-14H,6-11H2,1H3,(H,19,21)(H,22,23). The largest absolute Gasteiger partial charge is 0.478 e. The van der Waals surface area contributed by atoms with Crippen molar-refractivity contribution in [3.8, 4) is 0 Å². The summed E-state index contributed by atoms with van der Waals surface area (Å²) in [4.78, 5) is 23.4. The van der Waals surface area contributed by atoms with Crippen LogP contribution in [0, 0.1) is 17.8 Å². The quantitative estimate of drug-likeness (QED) is 0.779. The molecule has 7 nitrogen and oxygen atoms in total. The lowest BCUT2D eigenvalue weighted by Crippen LogP contribution is -2.43.